The van der Waals surface area contributed by atoms with E-state index in [2.05, 4.69) is 30.7 Å². The zero-order chi connectivity index (χ0) is 12.0. The van der Waals surface area contributed by atoms with Gasteiger partial charge in [0.25, 0.3) is 0 Å². The van der Waals surface area contributed by atoms with Gasteiger partial charge >= 0.3 is 0 Å². The second-order valence-electron chi connectivity index (χ2n) is 5.09. The first kappa shape index (κ1) is 13.9. The minimum absolute atomic E-state index is 0.570. The molecule has 1 fully saturated rings. The van der Waals surface area contributed by atoms with E-state index in [1.54, 1.807) is 0 Å². The van der Waals surface area contributed by atoms with Crippen LogP contribution in [0, 0.1) is 0 Å². The van der Waals surface area contributed by atoms with E-state index in [1.807, 2.05) is 0 Å². The molecule has 96 valence electrons. The van der Waals surface area contributed by atoms with Gasteiger partial charge in [0.1, 0.15) is 0 Å². The fourth-order valence-corrected chi connectivity index (χ4v) is 2.76. The fraction of sp³-hybridized carbons (Fsp3) is 1.00. The van der Waals surface area contributed by atoms with Gasteiger partial charge in [-0.1, -0.05) is 26.7 Å². The quantitative estimate of drug-likeness (QED) is 0.747. The van der Waals surface area contributed by atoms with Crippen LogP contribution in [0.5, 0.6) is 0 Å². The number of hydrogen-bond acceptors (Lipinski definition) is 3. The maximum absolute atomic E-state index is 5.91. The number of unbranched alkanes of at least 4 members (excludes halogenated alkanes) is 1. The van der Waals surface area contributed by atoms with Gasteiger partial charge in [-0.15, -0.1) is 0 Å². The molecule has 0 aromatic rings. The Balaban J connectivity index is 2.52. The van der Waals surface area contributed by atoms with E-state index in [9.17, 15) is 0 Å². The van der Waals surface area contributed by atoms with Crippen LogP contribution < -0.4 is 5.73 Å². The van der Waals surface area contributed by atoms with Crippen molar-refractivity contribution in [1.29, 1.82) is 0 Å². The Labute approximate surface area is 101 Å². The van der Waals surface area contributed by atoms with Crippen LogP contribution in [0.15, 0.2) is 0 Å². The zero-order valence-electron chi connectivity index (χ0n) is 11.3. The summed E-state index contributed by atoms with van der Waals surface area (Å²) >= 11 is 0. The van der Waals surface area contributed by atoms with Crippen molar-refractivity contribution in [3.8, 4) is 0 Å². The summed E-state index contributed by atoms with van der Waals surface area (Å²) < 4.78 is 0. The Bertz CT molecular complexity index is 184. The van der Waals surface area contributed by atoms with Gasteiger partial charge in [0.2, 0.25) is 0 Å². The van der Waals surface area contributed by atoms with Crippen molar-refractivity contribution in [2.24, 2.45) is 5.73 Å². The molecule has 2 N–H and O–H groups in total. The van der Waals surface area contributed by atoms with Crippen LogP contribution in [0.3, 0.4) is 0 Å². The van der Waals surface area contributed by atoms with E-state index >= 15 is 0 Å². The highest BCUT2D eigenvalue weighted by Crippen LogP contribution is 2.18. The maximum atomic E-state index is 5.91. The molecule has 0 amide bonds. The van der Waals surface area contributed by atoms with Gasteiger partial charge in [0.05, 0.1) is 0 Å². The lowest BCUT2D eigenvalue weighted by atomic mass is 10.0. The molecule has 2 atom stereocenters. The monoisotopic (exact) mass is 227 g/mol. The summed E-state index contributed by atoms with van der Waals surface area (Å²) in [5, 5.41) is 0. The molecule has 0 bridgehead atoms. The summed E-state index contributed by atoms with van der Waals surface area (Å²) in [6.45, 7) is 8.91. The molecule has 0 aromatic carbocycles. The smallest absolute Gasteiger partial charge is 0.0349 e. The molecular formula is C13H29N3. The van der Waals surface area contributed by atoms with Crippen LogP contribution in [0.25, 0.3) is 0 Å². The second kappa shape index (κ2) is 7.25. The third-order valence-electron chi connectivity index (χ3n) is 3.83. The molecule has 0 aromatic heterocycles. The van der Waals surface area contributed by atoms with Crippen LogP contribution in [0.1, 0.15) is 39.5 Å². The van der Waals surface area contributed by atoms with Gasteiger partial charge in [-0.2, -0.15) is 0 Å². The van der Waals surface area contributed by atoms with E-state index in [0.717, 1.165) is 19.1 Å². The highest BCUT2D eigenvalue weighted by molar-refractivity contribution is 4.85. The molecule has 3 heteroatoms. The average Bonchev–Trinajstić information content (AvgIpc) is 2.31. The highest BCUT2D eigenvalue weighted by atomic mass is 15.3. The Morgan fingerprint density at radius 3 is 2.62 bits per heavy atom. The first-order chi connectivity index (χ1) is 7.72. The van der Waals surface area contributed by atoms with E-state index in [-0.39, 0.29) is 0 Å². The number of rotatable bonds is 6. The standard InChI is InChI=1S/C13H29N3/c1-4-6-7-12(5-2)16-9-8-15(3)11-13(16)10-14/h12-13H,4-11,14H2,1-3H3. The van der Waals surface area contributed by atoms with Gasteiger partial charge in [0.15, 0.2) is 0 Å². The van der Waals surface area contributed by atoms with Crippen molar-refractivity contribution >= 4 is 0 Å². The first-order valence-electron chi connectivity index (χ1n) is 6.87. The van der Waals surface area contributed by atoms with Crippen molar-refractivity contribution in [2.75, 3.05) is 33.2 Å². The first-order valence-corrected chi connectivity index (χ1v) is 6.87. The van der Waals surface area contributed by atoms with Crippen molar-refractivity contribution < 1.29 is 0 Å². The number of nitrogens with two attached hydrogens (primary N) is 1. The van der Waals surface area contributed by atoms with Crippen molar-refractivity contribution in [3.05, 3.63) is 0 Å². The van der Waals surface area contributed by atoms with E-state index in [4.69, 9.17) is 5.73 Å². The summed E-state index contributed by atoms with van der Waals surface area (Å²) in [5.41, 5.74) is 5.91. The molecule has 1 saturated heterocycles. The molecule has 16 heavy (non-hydrogen) atoms. The van der Waals surface area contributed by atoms with Crippen molar-refractivity contribution in [2.45, 2.75) is 51.6 Å². The van der Waals surface area contributed by atoms with Crippen LogP contribution in [-0.2, 0) is 0 Å². The largest absolute Gasteiger partial charge is 0.329 e. The normalized spacial score (nSPS) is 25.9. The fourth-order valence-electron chi connectivity index (χ4n) is 2.76. The molecule has 0 spiro atoms. The topological polar surface area (TPSA) is 32.5 Å². The molecule has 3 nitrogen and oxygen atoms in total. The van der Waals surface area contributed by atoms with E-state index < -0.39 is 0 Å². The lowest BCUT2D eigenvalue weighted by Crippen LogP contribution is -2.58. The molecule has 1 aliphatic heterocycles. The van der Waals surface area contributed by atoms with Crippen molar-refractivity contribution in [3.63, 3.8) is 0 Å². The summed E-state index contributed by atoms with van der Waals surface area (Å²) in [4.78, 5) is 5.07. The predicted octanol–water partition coefficient (Wildman–Crippen LogP) is 1.53. The molecule has 0 aliphatic carbocycles. The number of likely N-dealkylation sites (N-methyl/N-ethyl adjacent to an activating group) is 1. The predicted molar refractivity (Wildman–Crippen MR) is 70.6 cm³/mol. The van der Waals surface area contributed by atoms with E-state index in [1.165, 1.54) is 38.8 Å². The third kappa shape index (κ3) is 3.72. The number of hydrogen-bond donors (Lipinski definition) is 1. The van der Waals surface area contributed by atoms with Crippen LogP contribution in [0.2, 0.25) is 0 Å². The van der Waals surface area contributed by atoms with Gasteiger partial charge in [-0.05, 0) is 19.9 Å². The van der Waals surface area contributed by atoms with E-state index in [0.29, 0.717) is 6.04 Å². The van der Waals surface area contributed by atoms with Crippen LogP contribution >= 0.6 is 0 Å². The highest BCUT2D eigenvalue weighted by Gasteiger charge is 2.28. The van der Waals surface area contributed by atoms with Crippen molar-refractivity contribution in [1.82, 2.24) is 9.80 Å². The molecule has 1 rings (SSSR count). The summed E-state index contributed by atoms with van der Waals surface area (Å²) in [6.07, 6.45) is 5.26. The third-order valence-corrected chi connectivity index (χ3v) is 3.83. The molecule has 1 heterocycles. The van der Waals surface area contributed by atoms with Crippen LogP contribution in [-0.4, -0.2) is 55.1 Å². The minimum Gasteiger partial charge on any atom is -0.329 e. The van der Waals surface area contributed by atoms with Gasteiger partial charge < -0.3 is 10.6 Å². The van der Waals surface area contributed by atoms with Gasteiger partial charge in [-0.3, -0.25) is 4.90 Å². The van der Waals surface area contributed by atoms with Gasteiger partial charge in [-0.25, -0.2) is 0 Å². The molecule has 2 unspecified atom stereocenters. The average molecular weight is 227 g/mol. The molecular weight excluding hydrogens is 198 g/mol. The second-order valence-corrected chi connectivity index (χ2v) is 5.09. The Morgan fingerprint density at radius 2 is 2.06 bits per heavy atom. The summed E-state index contributed by atoms with van der Waals surface area (Å²) in [7, 11) is 2.20. The lowest BCUT2D eigenvalue weighted by molar-refractivity contribution is 0.0501. The molecule has 0 radical (unpaired) electrons. The lowest BCUT2D eigenvalue weighted by Gasteiger charge is -2.44. The minimum atomic E-state index is 0.570. The Morgan fingerprint density at radius 1 is 1.31 bits per heavy atom. The SMILES string of the molecule is CCCCC(CC)N1CCN(C)CC1CN. The molecule has 1 aliphatic rings. The molecule has 0 saturated carbocycles. The van der Waals surface area contributed by atoms with Crippen LogP contribution in [0.4, 0.5) is 0 Å². The summed E-state index contributed by atoms with van der Waals surface area (Å²) in [5.74, 6) is 0. The van der Waals surface area contributed by atoms with Gasteiger partial charge in [0, 0.05) is 38.3 Å². The summed E-state index contributed by atoms with van der Waals surface area (Å²) in [6, 6.07) is 1.32. The zero-order valence-corrected chi connectivity index (χ0v) is 11.3. The Kier molecular flexibility index (Phi) is 6.32. The number of nitrogens with zero attached hydrogens (tertiary/aromatic N) is 2. The maximum Gasteiger partial charge on any atom is 0.0349 e. The number of piperazine rings is 1. The Hall–Kier alpha value is -0.120.